The molecule has 5 heteroatoms. The van der Waals surface area contributed by atoms with Crippen LogP contribution >= 0.6 is 23.2 Å². The number of rotatable bonds is 3. The molecule has 0 saturated carbocycles. The predicted molar refractivity (Wildman–Crippen MR) is 99.9 cm³/mol. The smallest absolute Gasteiger partial charge is 0.114 e. The van der Waals surface area contributed by atoms with Gasteiger partial charge in [0.2, 0.25) is 0 Å². The van der Waals surface area contributed by atoms with Crippen molar-refractivity contribution in [1.29, 1.82) is 0 Å². The van der Waals surface area contributed by atoms with Gasteiger partial charge in [-0.25, -0.2) is 4.98 Å². The van der Waals surface area contributed by atoms with Crippen LogP contribution in [0.5, 0.6) is 0 Å². The zero-order valence-electron chi connectivity index (χ0n) is 14.5. The molecule has 0 spiro atoms. The van der Waals surface area contributed by atoms with E-state index in [0.29, 0.717) is 16.0 Å². The van der Waals surface area contributed by atoms with Gasteiger partial charge in [0.05, 0.1) is 15.7 Å². The molecule has 1 saturated heterocycles. The van der Waals surface area contributed by atoms with Crippen molar-refractivity contribution in [2.24, 2.45) is 5.92 Å². The van der Waals surface area contributed by atoms with E-state index in [1.165, 1.54) is 0 Å². The molecule has 0 N–H and O–H groups in total. The Bertz CT molecular complexity index is 692. The van der Waals surface area contributed by atoms with Gasteiger partial charge in [-0.15, -0.1) is 0 Å². The van der Waals surface area contributed by atoms with Gasteiger partial charge < -0.3 is 9.30 Å². The number of imidazole rings is 1. The lowest BCUT2D eigenvalue weighted by Crippen LogP contribution is -2.24. The summed E-state index contributed by atoms with van der Waals surface area (Å²) in [5.41, 5.74) is 1.62. The average Bonchev–Trinajstić information content (AvgIpc) is 2.92. The number of benzene rings is 1. The number of hydrogen-bond donors (Lipinski definition) is 0. The summed E-state index contributed by atoms with van der Waals surface area (Å²) in [5, 5.41) is 1.28. The Morgan fingerprint density at radius 1 is 1.17 bits per heavy atom. The maximum Gasteiger partial charge on any atom is 0.114 e. The fourth-order valence-electron chi connectivity index (χ4n) is 3.22. The first-order valence-electron chi connectivity index (χ1n) is 8.46. The molecule has 130 valence electrons. The molecule has 2 aromatic rings. The second-order valence-electron chi connectivity index (χ2n) is 7.50. The average molecular weight is 367 g/mol. The van der Waals surface area contributed by atoms with E-state index < -0.39 is 0 Å². The second-order valence-corrected chi connectivity index (χ2v) is 8.32. The van der Waals surface area contributed by atoms with Crippen molar-refractivity contribution in [3.05, 3.63) is 40.3 Å². The fraction of sp³-hybridized carbons (Fsp3) is 0.526. The monoisotopic (exact) mass is 366 g/mol. The lowest BCUT2D eigenvalue weighted by Gasteiger charge is -2.25. The van der Waals surface area contributed by atoms with Crippen LogP contribution in [0.2, 0.25) is 10.0 Å². The van der Waals surface area contributed by atoms with Gasteiger partial charge in [0, 0.05) is 36.9 Å². The zero-order valence-corrected chi connectivity index (χ0v) is 16.0. The molecule has 0 radical (unpaired) electrons. The number of hydrogen-bond acceptors (Lipinski definition) is 2. The first-order valence-corrected chi connectivity index (χ1v) is 9.21. The molecule has 1 fully saturated rings. The van der Waals surface area contributed by atoms with Crippen molar-refractivity contribution >= 4 is 23.2 Å². The lowest BCUT2D eigenvalue weighted by atomic mass is 9.94. The molecular weight excluding hydrogens is 343 g/mol. The third-order valence-corrected chi connectivity index (χ3v) is 5.09. The molecule has 24 heavy (non-hydrogen) atoms. The highest BCUT2D eigenvalue weighted by atomic mass is 35.5. The SMILES string of the molecule is CC(C)(C)c1nc(-c2c(Cl)cccc2Cl)cn1CC1CCOCC1. The molecular formula is C19H24Cl2N2O. The van der Waals surface area contributed by atoms with Gasteiger partial charge in [-0.2, -0.15) is 0 Å². The maximum absolute atomic E-state index is 6.38. The van der Waals surface area contributed by atoms with Gasteiger partial charge in [-0.1, -0.05) is 50.0 Å². The van der Waals surface area contributed by atoms with Crippen molar-refractivity contribution in [2.75, 3.05) is 13.2 Å². The number of nitrogens with zero attached hydrogens (tertiary/aromatic N) is 2. The molecule has 3 nitrogen and oxygen atoms in total. The number of ether oxygens (including phenoxy) is 1. The Labute approximate surface area is 153 Å². The summed E-state index contributed by atoms with van der Waals surface area (Å²) in [6.07, 6.45) is 4.30. The summed E-state index contributed by atoms with van der Waals surface area (Å²) >= 11 is 12.8. The van der Waals surface area contributed by atoms with Crippen molar-refractivity contribution in [3.63, 3.8) is 0 Å². The zero-order chi connectivity index (χ0) is 17.3. The van der Waals surface area contributed by atoms with Crippen LogP contribution in [0.1, 0.15) is 39.4 Å². The second kappa shape index (κ2) is 7.07. The van der Waals surface area contributed by atoms with Gasteiger partial charge in [-0.3, -0.25) is 0 Å². The highest BCUT2D eigenvalue weighted by Gasteiger charge is 2.25. The topological polar surface area (TPSA) is 27.1 Å². The lowest BCUT2D eigenvalue weighted by molar-refractivity contribution is 0.0608. The minimum atomic E-state index is -0.0445. The first kappa shape index (κ1) is 17.8. The molecule has 1 aromatic carbocycles. The first-order chi connectivity index (χ1) is 11.4. The Hall–Kier alpha value is -1.03. The van der Waals surface area contributed by atoms with E-state index >= 15 is 0 Å². The van der Waals surface area contributed by atoms with E-state index in [4.69, 9.17) is 32.9 Å². The summed E-state index contributed by atoms with van der Waals surface area (Å²) < 4.78 is 7.76. The largest absolute Gasteiger partial charge is 0.381 e. The minimum Gasteiger partial charge on any atom is -0.381 e. The van der Waals surface area contributed by atoms with E-state index in [2.05, 4.69) is 31.5 Å². The standard InChI is InChI=1S/C19H24Cl2N2O/c1-19(2,3)18-22-16(17-14(20)5-4-6-15(17)21)12-23(18)11-13-7-9-24-10-8-13/h4-6,12-13H,7-11H2,1-3H3. The highest BCUT2D eigenvalue weighted by Crippen LogP contribution is 2.36. The van der Waals surface area contributed by atoms with E-state index in [1.807, 2.05) is 18.2 Å². The Balaban J connectivity index is 2.00. The van der Waals surface area contributed by atoms with Gasteiger partial charge >= 0.3 is 0 Å². The van der Waals surface area contributed by atoms with Gasteiger partial charge in [0.1, 0.15) is 5.82 Å². The van der Waals surface area contributed by atoms with Crippen LogP contribution in [0, 0.1) is 5.92 Å². The molecule has 0 bridgehead atoms. The maximum atomic E-state index is 6.38. The van der Waals surface area contributed by atoms with Crippen molar-refractivity contribution < 1.29 is 4.74 Å². The number of halogens is 2. The normalized spacial score (nSPS) is 16.5. The molecule has 2 heterocycles. The van der Waals surface area contributed by atoms with Crippen molar-refractivity contribution in [1.82, 2.24) is 9.55 Å². The minimum absolute atomic E-state index is 0.0445. The van der Waals surface area contributed by atoms with Crippen molar-refractivity contribution in [3.8, 4) is 11.3 Å². The van der Waals surface area contributed by atoms with E-state index in [1.54, 1.807) is 0 Å². The summed E-state index contributed by atoms with van der Waals surface area (Å²) in [5.74, 6) is 1.70. The molecule has 0 amide bonds. The Kier molecular flexibility index (Phi) is 5.24. The summed E-state index contributed by atoms with van der Waals surface area (Å²) in [6, 6.07) is 5.58. The quantitative estimate of drug-likeness (QED) is 0.708. The van der Waals surface area contributed by atoms with Gasteiger partial charge in [0.25, 0.3) is 0 Å². The van der Waals surface area contributed by atoms with Crippen molar-refractivity contribution in [2.45, 2.75) is 45.6 Å². The van der Waals surface area contributed by atoms with Gasteiger partial charge in [-0.05, 0) is 30.9 Å². The van der Waals surface area contributed by atoms with E-state index in [9.17, 15) is 0 Å². The van der Waals surface area contributed by atoms with Crippen LogP contribution in [-0.4, -0.2) is 22.8 Å². The number of aromatic nitrogens is 2. The molecule has 3 rings (SSSR count). The molecule has 1 aromatic heterocycles. The van der Waals surface area contributed by atoms with Crippen LogP contribution in [0.25, 0.3) is 11.3 Å². The predicted octanol–water partition coefficient (Wildman–Crippen LogP) is 5.58. The summed E-state index contributed by atoms with van der Waals surface area (Å²) in [6.45, 7) is 9.24. The van der Waals surface area contributed by atoms with Gasteiger partial charge in [0.15, 0.2) is 0 Å². The van der Waals surface area contributed by atoms with Crippen LogP contribution < -0.4 is 0 Å². The Morgan fingerprint density at radius 3 is 2.38 bits per heavy atom. The third-order valence-electron chi connectivity index (χ3n) is 4.46. The fourth-order valence-corrected chi connectivity index (χ4v) is 3.81. The van der Waals surface area contributed by atoms with E-state index in [-0.39, 0.29) is 5.41 Å². The molecule has 0 aliphatic carbocycles. The van der Waals surface area contributed by atoms with E-state index in [0.717, 1.165) is 49.7 Å². The third kappa shape index (κ3) is 3.79. The molecule has 0 atom stereocenters. The Morgan fingerprint density at radius 2 is 1.79 bits per heavy atom. The molecule has 1 aliphatic rings. The highest BCUT2D eigenvalue weighted by molar-refractivity contribution is 6.39. The summed E-state index contributed by atoms with van der Waals surface area (Å²) in [7, 11) is 0. The molecule has 1 aliphatic heterocycles. The van der Waals surface area contributed by atoms with Crippen LogP contribution in [-0.2, 0) is 16.7 Å². The van der Waals surface area contributed by atoms with Crippen LogP contribution in [0.15, 0.2) is 24.4 Å². The summed E-state index contributed by atoms with van der Waals surface area (Å²) in [4.78, 5) is 4.90. The van der Waals surface area contributed by atoms with Crippen LogP contribution in [0.3, 0.4) is 0 Å². The van der Waals surface area contributed by atoms with Crippen LogP contribution in [0.4, 0.5) is 0 Å². The molecule has 0 unspecified atom stereocenters.